The monoisotopic (exact) mass is 237 g/mol. The van der Waals surface area contributed by atoms with Gasteiger partial charge in [0.15, 0.2) is 0 Å². The zero-order valence-corrected chi connectivity index (χ0v) is 10.8. The van der Waals surface area contributed by atoms with Crippen LogP contribution in [0, 0.1) is 0 Å². The van der Waals surface area contributed by atoms with Gasteiger partial charge >= 0.3 is 0 Å². The van der Waals surface area contributed by atoms with Gasteiger partial charge in [0.25, 0.3) is 0 Å². The Bertz CT molecular complexity index is 313. The normalized spacial score (nSPS) is 10.8. The maximum atomic E-state index is 8.67. The number of unbranched alkanes of at least 4 members (excludes halogenated alkanes) is 1. The Hall–Kier alpha value is -1.06. The van der Waals surface area contributed by atoms with E-state index in [1.54, 1.807) is 0 Å². The SMILES string of the molecule is CC(C)NCc1cccc(OCCCCO)c1. The molecule has 0 amide bonds. The van der Waals surface area contributed by atoms with Crippen molar-refractivity contribution in [1.82, 2.24) is 5.32 Å². The predicted octanol–water partition coefficient (Wildman–Crippen LogP) is 2.34. The molecule has 0 spiro atoms. The average molecular weight is 237 g/mol. The van der Waals surface area contributed by atoms with Gasteiger partial charge in [-0.15, -0.1) is 0 Å². The van der Waals surface area contributed by atoms with Gasteiger partial charge in [0.05, 0.1) is 6.61 Å². The van der Waals surface area contributed by atoms with Crippen LogP contribution in [-0.2, 0) is 6.54 Å². The van der Waals surface area contributed by atoms with Gasteiger partial charge in [0.2, 0.25) is 0 Å². The summed E-state index contributed by atoms with van der Waals surface area (Å²) in [6, 6.07) is 8.63. The lowest BCUT2D eigenvalue weighted by atomic mass is 10.2. The highest BCUT2D eigenvalue weighted by atomic mass is 16.5. The smallest absolute Gasteiger partial charge is 0.119 e. The van der Waals surface area contributed by atoms with Crippen molar-refractivity contribution in [2.24, 2.45) is 0 Å². The second-order valence-corrected chi connectivity index (χ2v) is 4.46. The second kappa shape index (κ2) is 8.09. The van der Waals surface area contributed by atoms with Gasteiger partial charge in [-0.25, -0.2) is 0 Å². The van der Waals surface area contributed by atoms with E-state index < -0.39 is 0 Å². The Morgan fingerprint density at radius 2 is 2.12 bits per heavy atom. The molecule has 3 heteroatoms. The molecule has 0 aromatic heterocycles. The Labute approximate surface area is 104 Å². The first-order chi connectivity index (χ1) is 8.22. The van der Waals surface area contributed by atoms with E-state index >= 15 is 0 Å². The van der Waals surface area contributed by atoms with Gasteiger partial charge in [0, 0.05) is 19.2 Å². The van der Waals surface area contributed by atoms with Crippen LogP contribution in [0.4, 0.5) is 0 Å². The number of rotatable bonds is 8. The molecule has 0 aliphatic rings. The number of nitrogens with one attached hydrogen (secondary N) is 1. The summed E-state index contributed by atoms with van der Waals surface area (Å²) in [5, 5.41) is 12.0. The molecule has 0 heterocycles. The molecule has 2 N–H and O–H groups in total. The van der Waals surface area contributed by atoms with Crippen molar-refractivity contribution in [3.05, 3.63) is 29.8 Å². The van der Waals surface area contributed by atoms with Crippen molar-refractivity contribution in [1.29, 1.82) is 0 Å². The first-order valence-electron chi connectivity index (χ1n) is 6.28. The molecule has 0 saturated heterocycles. The summed E-state index contributed by atoms with van der Waals surface area (Å²) in [6.07, 6.45) is 1.69. The maximum absolute atomic E-state index is 8.67. The van der Waals surface area contributed by atoms with Gasteiger partial charge in [-0.05, 0) is 30.5 Å². The highest BCUT2D eigenvalue weighted by Gasteiger charge is 1.98. The molecular formula is C14H23NO2. The van der Waals surface area contributed by atoms with Crippen molar-refractivity contribution in [3.8, 4) is 5.75 Å². The third kappa shape index (κ3) is 6.29. The Morgan fingerprint density at radius 1 is 1.29 bits per heavy atom. The third-order valence-electron chi connectivity index (χ3n) is 2.43. The number of hydrogen-bond acceptors (Lipinski definition) is 3. The standard InChI is InChI=1S/C14H23NO2/c1-12(2)15-11-13-6-5-7-14(10-13)17-9-4-3-8-16/h5-7,10,12,15-16H,3-4,8-9,11H2,1-2H3. The highest BCUT2D eigenvalue weighted by Crippen LogP contribution is 2.13. The zero-order valence-electron chi connectivity index (χ0n) is 10.8. The largest absolute Gasteiger partial charge is 0.494 e. The summed E-state index contributed by atoms with van der Waals surface area (Å²) < 4.78 is 5.62. The molecule has 0 unspecified atom stereocenters. The van der Waals surface area contributed by atoms with E-state index in [0.29, 0.717) is 12.6 Å². The predicted molar refractivity (Wildman–Crippen MR) is 70.2 cm³/mol. The fourth-order valence-corrected chi connectivity index (χ4v) is 1.47. The quantitative estimate of drug-likeness (QED) is 0.682. The lowest BCUT2D eigenvalue weighted by Crippen LogP contribution is -2.21. The molecule has 0 fully saturated rings. The van der Waals surface area contributed by atoms with Crippen LogP contribution in [0.1, 0.15) is 32.3 Å². The summed E-state index contributed by atoms with van der Waals surface area (Å²) in [4.78, 5) is 0. The fourth-order valence-electron chi connectivity index (χ4n) is 1.47. The van der Waals surface area contributed by atoms with Crippen molar-refractivity contribution < 1.29 is 9.84 Å². The molecule has 17 heavy (non-hydrogen) atoms. The van der Waals surface area contributed by atoms with Crippen LogP contribution >= 0.6 is 0 Å². The minimum Gasteiger partial charge on any atom is -0.494 e. The number of benzene rings is 1. The molecule has 96 valence electrons. The molecular weight excluding hydrogens is 214 g/mol. The van der Waals surface area contributed by atoms with Crippen LogP contribution in [0.25, 0.3) is 0 Å². The van der Waals surface area contributed by atoms with Crippen molar-refractivity contribution in [3.63, 3.8) is 0 Å². The van der Waals surface area contributed by atoms with Crippen LogP contribution in [-0.4, -0.2) is 24.4 Å². The summed E-state index contributed by atoms with van der Waals surface area (Å²) in [7, 11) is 0. The van der Waals surface area contributed by atoms with E-state index in [9.17, 15) is 0 Å². The average Bonchev–Trinajstić information content (AvgIpc) is 2.33. The van der Waals surface area contributed by atoms with Gasteiger partial charge < -0.3 is 15.2 Å². The molecule has 0 radical (unpaired) electrons. The fraction of sp³-hybridized carbons (Fsp3) is 0.571. The lowest BCUT2D eigenvalue weighted by Gasteiger charge is -2.10. The molecule has 0 bridgehead atoms. The maximum Gasteiger partial charge on any atom is 0.119 e. The van der Waals surface area contributed by atoms with Gasteiger partial charge in [-0.2, -0.15) is 0 Å². The first kappa shape index (κ1) is 14.0. The molecule has 0 saturated carbocycles. The summed E-state index contributed by atoms with van der Waals surface area (Å²) in [5.41, 5.74) is 1.23. The third-order valence-corrected chi connectivity index (χ3v) is 2.43. The number of hydrogen-bond donors (Lipinski definition) is 2. The highest BCUT2D eigenvalue weighted by molar-refractivity contribution is 5.28. The zero-order chi connectivity index (χ0) is 12.5. The van der Waals surface area contributed by atoms with Gasteiger partial charge in [-0.1, -0.05) is 26.0 Å². The van der Waals surface area contributed by atoms with Gasteiger partial charge in [0.1, 0.15) is 5.75 Å². The van der Waals surface area contributed by atoms with E-state index in [0.717, 1.165) is 25.1 Å². The van der Waals surface area contributed by atoms with E-state index in [-0.39, 0.29) is 6.61 Å². The van der Waals surface area contributed by atoms with Crippen LogP contribution in [0.2, 0.25) is 0 Å². The number of aliphatic hydroxyl groups is 1. The molecule has 0 aliphatic heterocycles. The number of aliphatic hydroxyl groups excluding tert-OH is 1. The minimum atomic E-state index is 0.238. The lowest BCUT2D eigenvalue weighted by molar-refractivity contribution is 0.253. The summed E-state index contributed by atoms with van der Waals surface area (Å²) in [5.74, 6) is 0.908. The van der Waals surface area contributed by atoms with Crippen LogP contribution in [0.3, 0.4) is 0 Å². The number of ether oxygens (including phenoxy) is 1. The molecule has 0 aliphatic carbocycles. The molecule has 3 nitrogen and oxygen atoms in total. The summed E-state index contributed by atoms with van der Waals surface area (Å²) in [6.45, 7) is 6.04. The second-order valence-electron chi connectivity index (χ2n) is 4.46. The topological polar surface area (TPSA) is 41.5 Å². The Morgan fingerprint density at radius 3 is 2.82 bits per heavy atom. The Balaban J connectivity index is 2.37. The van der Waals surface area contributed by atoms with Crippen LogP contribution < -0.4 is 10.1 Å². The van der Waals surface area contributed by atoms with Crippen molar-refractivity contribution in [2.45, 2.75) is 39.3 Å². The van der Waals surface area contributed by atoms with Crippen molar-refractivity contribution >= 4 is 0 Å². The molecule has 0 atom stereocenters. The van der Waals surface area contributed by atoms with Gasteiger partial charge in [-0.3, -0.25) is 0 Å². The van der Waals surface area contributed by atoms with Crippen LogP contribution in [0.15, 0.2) is 24.3 Å². The van der Waals surface area contributed by atoms with E-state index in [1.807, 2.05) is 12.1 Å². The molecule has 1 aromatic rings. The van der Waals surface area contributed by atoms with Crippen LogP contribution in [0.5, 0.6) is 5.75 Å². The Kier molecular flexibility index (Phi) is 6.67. The van der Waals surface area contributed by atoms with E-state index in [2.05, 4.69) is 31.3 Å². The minimum absolute atomic E-state index is 0.238. The molecule has 1 aromatic carbocycles. The van der Waals surface area contributed by atoms with Crippen molar-refractivity contribution in [2.75, 3.05) is 13.2 Å². The summed E-state index contributed by atoms with van der Waals surface area (Å²) >= 11 is 0. The molecule has 1 rings (SSSR count). The first-order valence-corrected chi connectivity index (χ1v) is 6.28. The van der Waals surface area contributed by atoms with E-state index in [1.165, 1.54) is 5.56 Å². The van der Waals surface area contributed by atoms with E-state index in [4.69, 9.17) is 9.84 Å².